The van der Waals surface area contributed by atoms with E-state index in [2.05, 4.69) is 44.1 Å². The van der Waals surface area contributed by atoms with Crippen LogP contribution < -0.4 is 4.90 Å². The third kappa shape index (κ3) is 3.23. The van der Waals surface area contributed by atoms with Gasteiger partial charge < -0.3 is 4.90 Å². The molecule has 24 heavy (non-hydrogen) atoms. The summed E-state index contributed by atoms with van der Waals surface area (Å²) >= 11 is 0. The van der Waals surface area contributed by atoms with Crippen molar-refractivity contribution < 1.29 is 4.79 Å². The van der Waals surface area contributed by atoms with E-state index in [1.165, 1.54) is 5.56 Å². The molecule has 1 aromatic heterocycles. The van der Waals surface area contributed by atoms with Crippen molar-refractivity contribution in [1.29, 1.82) is 0 Å². The van der Waals surface area contributed by atoms with Crippen molar-refractivity contribution in [2.75, 3.05) is 11.4 Å². The van der Waals surface area contributed by atoms with Gasteiger partial charge in [0.25, 0.3) is 0 Å². The number of fused-ring (bicyclic) bond motifs is 1. The lowest BCUT2D eigenvalue weighted by atomic mass is 10.0. The van der Waals surface area contributed by atoms with Crippen LogP contribution in [0.4, 0.5) is 5.69 Å². The monoisotopic (exact) mass is 325 g/mol. The van der Waals surface area contributed by atoms with E-state index >= 15 is 0 Å². The molecular formula is C20H27N3O. The Bertz CT molecular complexity index is 745. The van der Waals surface area contributed by atoms with E-state index in [9.17, 15) is 4.79 Å². The van der Waals surface area contributed by atoms with Gasteiger partial charge in [0.15, 0.2) is 0 Å². The first-order chi connectivity index (χ1) is 11.5. The molecule has 2 heterocycles. The summed E-state index contributed by atoms with van der Waals surface area (Å²) in [5.41, 5.74) is 5.55. The van der Waals surface area contributed by atoms with Gasteiger partial charge in [0.2, 0.25) is 5.91 Å². The summed E-state index contributed by atoms with van der Waals surface area (Å²) in [4.78, 5) is 14.9. The number of rotatable bonds is 4. The van der Waals surface area contributed by atoms with Gasteiger partial charge in [-0.25, -0.2) is 0 Å². The topological polar surface area (TPSA) is 38.1 Å². The predicted octanol–water partition coefficient (Wildman–Crippen LogP) is 3.68. The van der Waals surface area contributed by atoms with Crippen LogP contribution in [0.25, 0.3) is 0 Å². The SMILES string of the molecule is Cc1nn(CC(C)C)c(C)c1CC(=O)N1CCCc2ccccc21. The van der Waals surface area contributed by atoms with Crippen molar-refractivity contribution in [3.63, 3.8) is 0 Å². The summed E-state index contributed by atoms with van der Waals surface area (Å²) in [6.07, 6.45) is 2.53. The zero-order valence-electron chi connectivity index (χ0n) is 15.2. The minimum Gasteiger partial charge on any atom is -0.312 e. The molecule has 0 N–H and O–H groups in total. The molecule has 0 saturated carbocycles. The zero-order valence-corrected chi connectivity index (χ0v) is 15.2. The largest absolute Gasteiger partial charge is 0.312 e. The number of carbonyl (C=O) groups is 1. The van der Waals surface area contributed by atoms with E-state index in [-0.39, 0.29) is 5.91 Å². The number of amides is 1. The molecule has 0 radical (unpaired) electrons. The maximum Gasteiger partial charge on any atom is 0.231 e. The summed E-state index contributed by atoms with van der Waals surface area (Å²) in [6, 6.07) is 8.26. The molecule has 2 aromatic rings. The van der Waals surface area contributed by atoms with Crippen molar-refractivity contribution in [1.82, 2.24) is 9.78 Å². The quantitative estimate of drug-likeness (QED) is 0.860. The van der Waals surface area contributed by atoms with Crippen molar-refractivity contribution in [3.05, 3.63) is 46.8 Å². The van der Waals surface area contributed by atoms with Crippen LogP contribution in [0.2, 0.25) is 0 Å². The fourth-order valence-corrected chi connectivity index (χ4v) is 3.55. The number of hydrogen-bond donors (Lipinski definition) is 0. The second kappa shape index (κ2) is 6.80. The average molecular weight is 325 g/mol. The van der Waals surface area contributed by atoms with Crippen molar-refractivity contribution in [2.24, 2.45) is 5.92 Å². The number of hydrogen-bond acceptors (Lipinski definition) is 2. The maximum atomic E-state index is 13.0. The summed E-state index contributed by atoms with van der Waals surface area (Å²) in [5.74, 6) is 0.720. The van der Waals surface area contributed by atoms with E-state index in [1.54, 1.807) is 0 Å². The summed E-state index contributed by atoms with van der Waals surface area (Å²) in [6.45, 7) is 10.2. The Labute approximate surface area is 144 Å². The van der Waals surface area contributed by atoms with Crippen molar-refractivity contribution in [3.8, 4) is 0 Å². The number of aromatic nitrogens is 2. The standard InChI is InChI=1S/C20H27N3O/c1-14(2)13-23-16(4)18(15(3)21-23)12-20(24)22-11-7-9-17-8-5-6-10-19(17)22/h5-6,8,10,14H,7,9,11-13H2,1-4H3. The third-order valence-electron chi connectivity index (χ3n) is 4.81. The first-order valence-corrected chi connectivity index (χ1v) is 8.88. The highest BCUT2D eigenvalue weighted by Crippen LogP contribution is 2.28. The van der Waals surface area contributed by atoms with Gasteiger partial charge >= 0.3 is 0 Å². The third-order valence-corrected chi connectivity index (χ3v) is 4.81. The molecule has 1 amide bonds. The van der Waals surface area contributed by atoms with E-state index < -0.39 is 0 Å². The molecule has 0 aliphatic carbocycles. The van der Waals surface area contributed by atoms with Crippen LogP contribution in [0.3, 0.4) is 0 Å². The summed E-state index contributed by atoms with van der Waals surface area (Å²) in [7, 11) is 0. The number of anilines is 1. The molecular weight excluding hydrogens is 298 g/mol. The van der Waals surface area contributed by atoms with Crippen LogP contribution in [0.5, 0.6) is 0 Å². The zero-order chi connectivity index (χ0) is 17.3. The number of nitrogens with zero attached hydrogens (tertiary/aromatic N) is 3. The van der Waals surface area contributed by atoms with Gasteiger partial charge in [0.1, 0.15) is 0 Å². The number of benzene rings is 1. The first-order valence-electron chi connectivity index (χ1n) is 8.88. The van der Waals surface area contributed by atoms with Gasteiger partial charge in [-0.1, -0.05) is 32.0 Å². The second-order valence-electron chi connectivity index (χ2n) is 7.18. The molecule has 0 fully saturated rings. The predicted molar refractivity (Wildman–Crippen MR) is 97.4 cm³/mol. The highest BCUT2D eigenvalue weighted by atomic mass is 16.2. The Morgan fingerprint density at radius 2 is 2.00 bits per heavy atom. The minimum absolute atomic E-state index is 0.178. The van der Waals surface area contributed by atoms with E-state index in [0.717, 1.165) is 48.6 Å². The van der Waals surface area contributed by atoms with Crippen LogP contribution in [-0.4, -0.2) is 22.2 Å². The van der Waals surface area contributed by atoms with E-state index in [4.69, 9.17) is 0 Å². The lowest BCUT2D eigenvalue weighted by molar-refractivity contribution is -0.118. The van der Waals surface area contributed by atoms with E-state index in [0.29, 0.717) is 12.3 Å². The molecule has 4 nitrogen and oxygen atoms in total. The molecule has 1 aromatic carbocycles. The minimum atomic E-state index is 0.178. The lowest BCUT2D eigenvalue weighted by Crippen LogP contribution is -2.36. The molecule has 128 valence electrons. The second-order valence-corrected chi connectivity index (χ2v) is 7.18. The Hall–Kier alpha value is -2.10. The molecule has 0 spiro atoms. The van der Waals surface area contributed by atoms with Crippen LogP contribution >= 0.6 is 0 Å². The maximum absolute atomic E-state index is 13.0. The molecule has 1 aliphatic rings. The molecule has 4 heteroatoms. The van der Waals surface area contributed by atoms with Crippen molar-refractivity contribution >= 4 is 11.6 Å². The van der Waals surface area contributed by atoms with E-state index in [1.807, 2.05) is 22.6 Å². The molecule has 3 rings (SSSR count). The number of aryl methyl sites for hydroxylation is 2. The average Bonchev–Trinajstić information content (AvgIpc) is 2.81. The van der Waals surface area contributed by atoms with Gasteiger partial charge in [-0.3, -0.25) is 9.48 Å². The fourth-order valence-electron chi connectivity index (χ4n) is 3.55. The molecule has 1 aliphatic heterocycles. The molecule has 0 saturated heterocycles. The molecule has 0 unspecified atom stereocenters. The smallest absolute Gasteiger partial charge is 0.231 e. The van der Waals surface area contributed by atoms with Gasteiger partial charge in [-0.05, 0) is 44.2 Å². The van der Waals surface area contributed by atoms with Gasteiger partial charge in [-0.2, -0.15) is 5.10 Å². The molecule has 0 bridgehead atoms. The van der Waals surface area contributed by atoms with Gasteiger partial charge in [0, 0.05) is 30.0 Å². The van der Waals surface area contributed by atoms with Crippen LogP contribution in [-0.2, 0) is 24.2 Å². The summed E-state index contributed by atoms with van der Waals surface area (Å²) in [5, 5.41) is 4.64. The van der Waals surface area contributed by atoms with Gasteiger partial charge in [0.05, 0.1) is 12.1 Å². The normalized spacial score (nSPS) is 14.1. The first kappa shape index (κ1) is 16.7. The van der Waals surface area contributed by atoms with Gasteiger partial charge in [-0.15, -0.1) is 0 Å². The number of carbonyl (C=O) groups excluding carboxylic acids is 1. The van der Waals surface area contributed by atoms with Crippen LogP contribution in [0.15, 0.2) is 24.3 Å². The molecule has 0 atom stereocenters. The highest BCUT2D eigenvalue weighted by Gasteiger charge is 2.24. The number of para-hydroxylation sites is 1. The Morgan fingerprint density at radius 3 is 2.75 bits per heavy atom. The summed E-state index contributed by atoms with van der Waals surface area (Å²) < 4.78 is 2.05. The Kier molecular flexibility index (Phi) is 4.74. The van der Waals surface area contributed by atoms with Crippen molar-refractivity contribution in [2.45, 2.75) is 53.5 Å². The Morgan fingerprint density at radius 1 is 1.25 bits per heavy atom. The van der Waals surface area contributed by atoms with Crippen LogP contribution in [0, 0.1) is 19.8 Å². The Balaban J connectivity index is 1.83. The highest BCUT2D eigenvalue weighted by molar-refractivity contribution is 5.96. The van der Waals surface area contributed by atoms with Crippen LogP contribution in [0.1, 0.15) is 42.8 Å². The lowest BCUT2D eigenvalue weighted by Gasteiger charge is -2.29. The fraction of sp³-hybridized carbons (Fsp3) is 0.500.